The van der Waals surface area contributed by atoms with Gasteiger partial charge in [-0.2, -0.15) is 0 Å². The summed E-state index contributed by atoms with van der Waals surface area (Å²) in [5.41, 5.74) is 1.23. The molecule has 0 saturated carbocycles. The highest BCUT2D eigenvalue weighted by atomic mass is 19.1. The van der Waals surface area contributed by atoms with Gasteiger partial charge in [-0.25, -0.2) is 9.07 Å². The second-order valence-electron chi connectivity index (χ2n) is 3.49. The molecule has 0 atom stereocenters. The van der Waals surface area contributed by atoms with Crippen molar-refractivity contribution in [2.75, 3.05) is 0 Å². The van der Waals surface area contributed by atoms with E-state index in [9.17, 15) is 9.50 Å². The summed E-state index contributed by atoms with van der Waals surface area (Å²) >= 11 is 0. The van der Waals surface area contributed by atoms with Gasteiger partial charge in [0.2, 0.25) is 0 Å². The molecule has 0 amide bonds. The number of aromatic nitrogens is 3. The lowest BCUT2D eigenvalue weighted by atomic mass is 10.1. The average molecular weight is 233 g/mol. The van der Waals surface area contributed by atoms with Crippen LogP contribution in [0.3, 0.4) is 0 Å². The lowest BCUT2D eigenvalue weighted by molar-refractivity contribution is 0.277. The number of halogens is 1. The molecule has 1 heterocycles. The lowest BCUT2D eigenvalue weighted by Gasteiger charge is -2.06. The quantitative estimate of drug-likeness (QED) is 0.819. The van der Waals surface area contributed by atoms with E-state index in [1.807, 2.05) is 0 Å². The topological polar surface area (TPSA) is 50.9 Å². The molecule has 0 saturated heterocycles. The van der Waals surface area contributed by atoms with E-state index in [0.29, 0.717) is 23.5 Å². The zero-order valence-corrected chi connectivity index (χ0v) is 9.17. The van der Waals surface area contributed by atoms with Crippen molar-refractivity contribution in [2.45, 2.75) is 13.2 Å². The largest absolute Gasteiger partial charge is 0.390 e. The average Bonchev–Trinajstić information content (AvgIpc) is 2.73. The second-order valence-corrected chi connectivity index (χ2v) is 3.49. The van der Waals surface area contributed by atoms with Crippen molar-refractivity contribution in [1.82, 2.24) is 15.0 Å². The Kier molecular flexibility index (Phi) is 3.30. The third-order valence-electron chi connectivity index (χ3n) is 2.39. The molecule has 0 radical (unpaired) electrons. The number of nitrogens with zero attached hydrogens (tertiary/aromatic N) is 3. The molecule has 2 aromatic rings. The van der Waals surface area contributed by atoms with Gasteiger partial charge in [0.1, 0.15) is 11.5 Å². The van der Waals surface area contributed by atoms with Gasteiger partial charge in [0.05, 0.1) is 18.8 Å². The molecule has 0 fully saturated rings. The molecule has 0 spiro atoms. The molecule has 1 N–H and O–H groups in total. The minimum absolute atomic E-state index is 0.277. The second kappa shape index (κ2) is 4.88. The minimum Gasteiger partial charge on any atom is -0.390 e. The number of hydrogen-bond donors (Lipinski definition) is 1. The summed E-state index contributed by atoms with van der Waals surface area (Å²) in [5.74, 6) is -0.366. The summed E-state index contributed by atoms with van der Waals surface area (Å²) < 4.78 is 15.2. The molecular weight excluding hydrogens is 221 g/mol. The van der Waals surface area contributed by atoms with Gasteiger partial charge >= 0.3 is 0 Å². The van der Waals surface area contributed by atoms with Crippen LogP contribution in [-0.2, 0) is 13.2 Å². The molecule has 88 valence electrons. The van der Waals surface area contributed by atoms with Crippen LogP contribution in [0, 0.1) is 5.82 Å². The van der Waals surface area contributed by atoms with Crippen LogP contribution in [0.25, 0.3) is 11.3 Å². The van der Waals surface area contributed by atoms with Gasteiger partial charge in [0.25, 0.3) is 0 Å². The van der Waals surface area contributed by atoms with Gasteiger partial charge in [-0.05, 0) is 12.1 Å². The Morgan fingerprint density at radius 1 is 1.41 bits per heavy atom. The first-order valence-corrected chi connectivity index (χ1v) is 5.17. The fourth-order valence-electron chi connectivity index (χ4n) is 1.65. The number of aliphatic hydroxyl groups excluding tert-OH is 1. The van der Waals surface area contributed by atoms with Crippen molar-refractivity contribution < 1.29 is 9.50 Å². The van der Waals surface area contributed by atoms with E-state index in [1.165, 1.54) is 10.7 Å². The Morgan fingerprint density at radius 2 is 2.18 bits per heavy atom. The summed E-state index contributed by atoms with van der Waals surface area (Å²) in [6.45, 7) is 3.74. The van der Waals surface area contributed by atoms with Crippen molar-refractivity contribution in [1.29, 1.82) is 0 Å². The monoisotopic (exact) mass is 233 g/mol. The molecule has 1 aromatic heterocycles. The Balaban J connectivity index is 2.60. The van der Waals surface area contributed by atoms with Gasteiger partial charge in [-0.3, -0.25) is 0 Å². The SMILES string of the molecule is C=CCn1nnc(CO)c1-c1ccccc1F. The van der Waals surface area contributed by atoms with E-state index >= 15 is 0 Å². The molecule has 0 aliphatic carbocycles. The van der Waals surface area contributed by atoms with Gasteiger partial charge in [0.15, 0.2) is 0 Å². The van der Waals surface area contributed by atoms with E-state index in [4.69, 9.17) is 0 Å². The summed E-state index contributed by atoms with van der Waals surface area (Å²) in [7, 11) is 0. The first kappa shape index (κ1) is 11.5. The van der Waals surface area contributed by atoms with E-state index in [0.717, 1.165) is 0 Å². The summed E-state index contributed by atoms with van der Waals surface area (Å²) in [6.07, 6.45) is 1.64. The molecule has 1 aromatic carbocycles. The molecule has 0 aliphatic rings. The van der Waals surface area contributed by atoms with Crippen LogP contribution in [0.5, 0.6) is 0 Å². The van der Waals surface area contributed by atoms with Gasteiger partial charge in [0, 0.05) is 5.56 Å². The fraction of sp³-hybridized carbons (Fsp3) is 0.167. The van der Waals surface area contributed by atoms with Crippen LogP contribution in [0.1, 0.15) is 5.69 Å². The maximum atomic E-state index is 13.7. The first-order valence-electron chi connectivity index (χ1n) is 5.17. The predicted octanol–water partition coefficient (Wildman–Crippen LogP) is 1.76. The van der Waals surface area contributed by atoms with Crippen molar-refractivity contribution in [3.63, 3.8) is 0 Å². The standard InChI is InChI=1S/C12H12FN3O/c1-2-7-16-12(11(8-17)14-15-16)9-5-3-4-6-10(9)13/h2-6,17H,1,7-8H2. The van der Waals surface area contributed by atoms with E-state index in [-0.39, 0.29) is 12.4 Å². The highest BCUT2D eigenvalue weighted by Gasteiger charge is 2.16. The maximum absolute atomic E-state index is 13.7. The highest BCUT2D eigenvalue weighted by molar-refractivity contribution is 5.62. The van der Waals surface area contributed by atoms with Crippen LogP contribution >= 0.6 is 0 Å². The van der Waals surface area contributed by atoms with E-state index in [1.54, 1.807) is 24.3 Å². The van der Waals surface area contributed by atoms with Crippen LogP contribution in [0.2, 0.25) is 0 Å². The molecule has 0 aliphatic heterocycles. The molecule has 5 heteroatoms. The Labute approximate surface area is 98.0 Å². The fourth-order valence-corrected chi connectivity index (χ4v) is 1.65. The molecular formula is C12H12FN3O. The first-order chi connectivity index (χ1) is 8.27. The van der Waals surface area contributed by atoms with Gasteiger partial charge < -0.3 is 5.11 Å². The Hall–Kier alpha value is -2.01. The zero-order valence-electron chi connectivity index (χ0n) is 9.17. The maximum Gasteiger partial charge on any atom is 0.132 e. The van der Waals surface area contributed by atoms with Crippen molar-refractivity contribution in [2.24, 2.45) is 0 Å². The van der Waals surface area contributed by atoms with E-state index < -0.39 is 0 Å². The summed E-state index contributed by atoms with van der Waals surface area (Å²) in [5, 5.41) is 16.9. The van der Waals surface area contributed by atoms with Gasteiger partial charge in [-0.15, -0.1) is 11.7 Å². The Morgan fingerprint density at radius 3 is 2.82 bits per heavy atom. The lowest BCUT2D eigenvalue weighted by Crippen LogP contribution is -2.02. The van der Waals surface area contributed by atoms with Crippen LogP contribution in [0.15, 0.2) is 36.9 Å². The third kappa shape index (κ3) is 2.09. The molecule has 17 heavy (non-hydrogen) atoms. The highest BCUT2D eigenvalue weighted by Crippen LogP contribution is 2.25. The predicted molar refractivity (Wildman–Crippen MR) is 61.5 cm³/mol. The van der Waals surface area contributed by atoms with Crippen molar-refractivity contribution in [3.05, 3.63) is 48.4 Å². The molecule has 0 unspecified atom stereocenters. The molecule has 4 nitrogen and oxygen atoms in total. The summed E-state index contributed by atoms with van der Waals surface area (Å²) in [4.78, 5) is 0. The van der Waals surface area contributed by atoms with E-state index in [2.05, 4.69) is 16.9 Å². The van der Waals surface area contributed by atoms with Crippen LogP contribution < -0.4 is 0 Å². The van der Waals surface area contributed by atoms with Crippen LogP contribution in [0.4, 0.5) is 4.39 Å². The number of allylic oxidation sites excluding steroid dienone is 1. The number of hydrogen-bond acceptors (Lipinski definition) is 3. The Bertz CT molecular complexity index is 536. The van der Waals surface area contributed by atoms with Crippen LogP contribution in [-0.4, -0.2) is 20.1 Å². The molecule has 0 bridgehead atoms. The zero-order chi connectivity index (χ0) is 12.3. The van der Waals surface area contributed by atoms with Crippen molar-refractivity contribution >= 4 is 0 Å². The number of rotatable bonds is 4. The smallest absolute Gasteiger partial charge is 0.132 e. The van der Waals surface area contributed by atoms with Gasteiger partial charge in [-0.1, -0.05) is 23.4 Å². The normalized spacial score (nSPS) is 10.5. The molecule has 2 rings (SSSR count). The summed E-state index contributed by atoms with van der Waals surface area (Å²) in [6, 6.07) is 6.33. The third-order valence-corrected chi connectivity index (χ3v) is 2.39. The number of benzene rings is 1. The van der Waals surface area contributed by atoms with Crippen molar-refractivity contribution in [3.8, 4) is 11.3 Å². The minimum atomic E-state index is -0.366. The number of aliphatic hydroxyl groups is 1.